The van der Waals surface area contributed by atoms with Crippen LogP contribution >= 0.6 is 0 Å². The molecule has 9 atom stereocenters. The Morgan fingerprint density at radius 1 is 0.234 bits per heavy atom. The van der Waals surface area contributed by atoms with Gasteiger partial charge < -0.3 is 259 Å². The van der Waals surface area contributed by atoms with Gasteiger partial charge in [0.25, 0.3) is 0 Å². The summed E-state index contributed by atoms with van der Waals surface area (Å²) >= 11 is 9.26. The van der Waals surface area contributed by atoms with Crippen molar-refractivity contribution in [3.8, 4) is 0 Å². The second kappa shape index (κ2) is 136. The van der Waals surface area contributed by atoms with Crippen molar-refractivity contribution in [3.63, 3.8) is 0 Å². The summed E-state index contributed by atoms with van der Waals surface area (Å²) < 4.78 is 288. The molecule has 0 spiro atoms. The van der Waals surface area contributed by atoms with Crippen molar-refractivity contribution in [2.45, 2.75) is 54.8 Å². The summed E-state index contributed by atoms with van der Waals surface area (Å²) in [6, 6.07) is 0. The fourth-order valence-corrected chi connectivity index (χ4v) is 9.37. The molecule has 99 heteroatoms. The lowest BCUT2D eigenvalue weighted by molar-refractivity contribution is -0.374. The molecule has 2 aliphatic heterocycles. The molecule has 80 N–H and O–H groups in total. The number of ether oxygens (including phenoxy) is 3. The highest BCUT2D eigenvalue weighted by Gasteiger charge is 2.65. The van der Waals surface area contributed by atoms with Gasteiger partial charge in [0, 0.05) is 139 Å². The van der Waals surface area contributed by atoms with E-state index in [1.54, 1.807) is 0 Å². The summed E-state index contributed by atoms with van der Waals surface area (Å²) in [6.45, 7) is -5.31. The van der Waals surface area contributed by atoms with Crippen LogP contribution in [0.25, 0.3) is 0 Å². The van der Waals surface area contributed by atoms with Crippen molar-refractivity contribution in [2.75, 3.05) is 19.8 Å². The van der Waals surface area contributed by atoms with Crippen LogP contribution in [0.2, 0.25) is 0 Å². The number of rotatable bonds is 29. The van der Waals surface area contributed by atoms with E-state index in [9.17, 15) is 67.3 Å². The summed E-state index contributed by atoms with van der Waals surface area (Å²) in [7, 11) is -43.7. The minimum Gasteiger partial charge on any atom is -0.412 e. The maximum Gasteiger partial charge on any atom is 0.408 e. The van der Waals surface area contributed by atoms with E-state index in [0.717, 1.165) is 99.7 Å². The highest BCUT2D eigenvalue weighted by Crippen LogP contribution is 2.43. The predicted octanol–water partition coefficient (Wildman–Crippen LogP) is -46.5. The van der Waals surface area contributed by atoms with Crippen LogP contribution < -0.4 is 0 Å². The van der Waals surface area contributed by atoms with E-state index >= 15 is 0 Å². The van der Waals surface area contributed by atoms with Gasteiger partial charge in [-0.05, 0) is 0 Å². The van der Waals surface area contributed by atoms with Crippen LogP contribution in [0.1, 0.15) is 0 Å². The third kappa shape index (κ3) is 108. The number of hydrogen-bond acceptors (Lipinski definition) is 35. The first-order chi connectivity index (χ1) is 28.7. The van der Waals surface area contributed by atoms with Crippen molar-refractivity contribution >= 4 is 355 Å². The SMILES string of the molecule is O.O.O.O.O.O.O.O.O.O.O.O.O.O.O.O.O.O.O.O.O.O.O.O.O.O.O.O.O.O.O.O.O.O.O.O.O.O.O.O.O=S(=O)([O][Al])OC[C@@H]1O[C@](COS(=O)(=O)[O][Al])(O[C@H]2O[C@H](COS(=O)(=O)[O][Al])[C@@H](OS(=O)(=O)[O][Al])[C@H](OS(=O)(=O)[O][Al])[C@H]2OS(=O)(=O)[O][Al])[C@H](OS(=O)(=O)[O][Al])[C@H]1OS(=O)(=O)[O][Al].[Al].[Al].[Al].[Al].[Al].[Al].[Al].[Al]. The molecule has 2 rings (SSSR count). The molecule has 0 aromatic carbocycles. The van der Waals surface area contributed by atoms with Gasteiger partial charge in [-0.3, -0.25) is 0 Å². The summed E-state index contributed by atoms with van der Waals surface area (Å²) in [6.07, 6.45) is -23.4. The average Bonchev–Trinajstić information content (AvgIpc) is 1.98. The van der Waals surface area contributed by atoms with Gasteiger partial charge in [0.15, 0.2) is 18.5 Å². The predicted molar refractivity (Wildman–Crippen MR) is 376 cm³/mol. The van der Waals surface area contributed by atoms with Crippen LogP contribution in [0.4, 0.5) is 0 Å². The van der Waals surface area contributed by atoms with Gasteiger partial charge in [0.1, 0.15) is 37.1 Å². The molecule has 688 valence electrons. The molecule has 40 radical (unpaired) electrons. The Morgan fingerprint density at radius 2 is 0.423 bits per heavy atom. The molecule has 111 heavy (non-hydrogen) atoms. The Kier molecular flexibility index (Phi) is 395. The minimum atomic E-state index is -5.67. The highest BCUT2D eigenvalue weighted by atomic mass is 32.3. The van der Waals surface area contributed by atoms with E-state index in [2.05, 4.69) is 38.4 Å². The molecule has 0 bridgehead atoms. The summed E-state index contributed by atoms with van der Waals surface area (Å²) in [5.41, 5.74) is 0. The van der Waals surface area contributed by atoms with Gasteiger partial charge >= 0.3 is 216 Å². The van der Waals surface area contributed by atoms with E-state index < -0.39 is 158 Å². The fraction of sp³-hybridized carbons (Fsp3) is 1.00. The highest BCUT2D eigenvalue weighted by molar-refractivity contribution is 7.84. The van der Waals surface area contributed by atoms with Crippen molar-refractivity contribution in [2.24, 2.45) is 0 Å². The second-order valence-electron chi connectivity index (χ2n) is 10.3. The third-order valence-corrected chi connectivity index (χ3v) is 17.7. The maximum absolute atomic E-state index is 12.9. The van der Waals surface area contributed by atoms with Gasteiger partial charge in [-0.25, -0.2) is 33.5 Å². The molecule has 0 aliphatic carbocycles. The molecular weight excluding hydrogens is 2030 g/mol. The average molecular weight is 2130 g/mol. The Morgan fingerprint density at radius 3 is 0.658 bits per heavy atom. The molecule has 2 saturated heterocycles. The van der Waals surface area contributed by atoms with Crippen molar-refractivity contribution < 1.29 is 360 Å². The van der Waals surface area contributed by atoms with E-state index in [4.69, 9.17) is 35.1 Å². The van der Waals surface area contributed by atoms with Crippen LogP contribution in [0, 0.1) is 0 Å². The lowest BCUT2D eigenvalue weighted by atomic mass is 9.99. The zero-order valence-electron chi connectivity index (χ0n) is 54.0. The van der Waals surface area contributed by atoms with Crippen LogP contribution in [-0.4, -0.2) is 633 Å². The summed E-state index contributed by atoms with van der Waals surface area (Å²) in [5.74, 6) is -3.80. The first kappa shape index (κ1) is 322. The second-order valence-corrected chi connectivity index (χ2v) is 24.6. The molecule has 0 saturated carbocycles. The molecular formula is C12H94Al16O75S8. The monoisotopic (exact) mass is 2130 g/mol. The fourth-order valence-electron chi connectivity index (χ4n) is 4.41. The number of hydrogen-bond donors (Lipinski definition) is 0. The largest absolute Gasteiger partial charge is 0.412 e. The molecule has 0 aromatic rings. The van der Waals surface area contributed by atoms with E-state index in [1.165, 1.54) is 33.2 Å². The third-order valence-electron chi connectivity index (χ3n) is 6.59. The van der Waals surface area contributed by atoms with Crippen LogP contribution in [0.3, 0.4) is 0 Å². The maximum atomic E-state index is 12.9. The molecule has 0 amide bonds. The smallest absolute Gasteiger partial charge is 0.408 e. The van der Waals surface area contributed by atoms with Gasteiger partial charge in [0.2, 0.25) is 5.79 Å². The molecule has 0 aromatic heterocycles. The molecule has 2 fully saturated rings. The first-order valence-electron chi connectivity index (χ1n) is 14.1. The molecule has 2 heterocycles. The van der Waals surface area contributed by atoms with Gasteiger partial charge in [-0.1, -0.05) is 0 Å². The molecule has 75 nitrogen and oxygen atoms in total. The standard InChI is InChI=1S/C12H22O35S8.16Al.40H2O/c13-48(14,15)37-1-4-6(43-51(22,23)24)8(45-53(28,29)30)9(46-54(31,32)33)11(40-4)42-12(3-39-50(19,20)21)10(47-55(34,35)36)7(44-52(25,26)27)5(41-12)2-38-49(16,17)18;;;;;;;;;;;;;;;;;;;;;;;;;;;;;;;;;;;;;;;;;;;;;;;;;;;;;;;;/h4-11H,1-3H2,(H,13,14,15)(H,16,17,18)(H,19,20,21)(H,22,23,24)(H,25,26,27)(H,28,29,30)(H,31,32,33)(H,34,35,36);;;;;;;;;;;;;;;;;40*1H2/q;;;;;;;;;8*+1;;;;;;;;;;;;;;;;;;;;;;;;;;;;;;;;;;;;;;;;/p-8/t4-,5+,6-,7+,8+,9-,10-,11-,12-;;;;;;;;;;;;;;;;;;;;;;;;;;;;;;;;;;;;;;;;;;;;;;;;;;;;;;;;/m1......................................................../s1. The Hall–Kier alpha value is 5.76. The molecule has 2 aliphatic rings. The zero-order chi connectivity index (χ0) is 48.7. The van der Waals surface area contributed by atoms with Crippen LogP contribution in [-0.2, 0) is 157 Å². The van der Waals surface area contributed by atoms with E-state index in [-0.39, 0.29) is 358 Å². The Balaban J connectivity index is -0.0000000190. The minimum absolute atomic E-state index is 0. The van der Waals surface area contributed by atoms with Crippen molar-refractivity contribution in [3.05, 3.63) is 0 Å². The first-order valence-corrected chi connectivity index (χ1v) is 28.5. The topological polar surface area (TPSA) is 1710 Å². The normalized spacial score (nSPS) is 16.0. The quantitative estimate of drug-likeness (QED) is 0.0628. The Labute approximate surface area is 780 Å². The van der Waals surface area contributed by atoms with Crippen LogP contribution in [0.15, 0.2) is 0 Å². The van der Waals surface area contributed by atoms with Gasteiger partial charge in [-0.2, -0.15) is 67.3 Å². The van der Waals surface area contributed by atoms with Crippen molar-refractivity contribution in [1.29, 1.82) is 0 Å². The van der Waals surface area contributed by atoms with Gasteiger partial charge in [0.05, 0.1) is 13.2 Å². The molecule has 0 unspecified atom stereocenters. The van der Waals surface area contributed by atoms with Crippen molar-refractivity contribution in [1.82, 2.24) is 0 Å². The van der Waals surface area contributed by atoms with Gasteiger partial charge in [-0.15, -0.1) is 0 Å². The van der Waals surface area contributed by atoms with E-state index in [0.29, 0.717) is 0 Å². The Bertz CT molecular complexity index is 2500. The summed E-state index contributed by atoms with van der Waals surface area (Å²) in [4.78, 5) is 0. The van der Waals surface area contributed by atoms with Crippen LogP contribution in [0.5, 0.6) is 0 Å². The summed E-state index contributed by atoms with van der Waals surface area (Å²) in [5, 5.41) is 0. The lowest BCUT2D eigenvalue weighted by Crippen LogP contribution is -2.66. The lowest BCUT2D eigenvalue weighted by Gasteiger charge is -2.46. The zero-order valence-corrected chi connectivity index (χ0v) is 79.0. The van der Waals surface area contributed by atoms with E-state index in [1.807, 2.05) is 0 Å².